The second-order valence-corrected chi connectivity index (χ2v) is 5.81. The van der Waals surface area contributed by atoms with E-state index in [1.807, 2.05) is 12.1 Å². The zero-order valence-corrected chi connectivity index (χ0v) is 11.0. The molecule has 0 aliphatic heterocycles. The van der Waals surface area contributed by atoms with Crippen molar-refractivity contribution < 1.29 is 23.2 Å². The van der Waals surface area contributed by atoms with Gasteiger partial charge in [-0.1, -0.05) is 24.3 Å². The van der Waals surface area contributed by atoms with E-state index in [4.69, 9.17) is 4.55 Å². The van der Waals surface area contributed by atoms with Crippen LogP contribution in [-0.4, -0.2) is 34.5 Å². The SMILES string of the molecule is O.O=C1c2cc3ccccc3nc2C=CC1S(=O)(=O)O. The number of rotatable bonds is 1. The third-order valence-corrected chi connectivity index (χ3v) is 4.04. The summed E-state index contributed by atoms with van der Waals surface area (Å²) in [5, 5.41) is -0.790. The number of carbonyl (C=O) groups excluding carboxylic acids is 1. The Morgan fingerprint density at radius 3 is 2.60 bits per heavy atom. The highest BCUT2D eigenvalue weighted by Crippen LogP contribution is 2.25. The Morgan fingerprint density at radius 2 is 1.90 bits per heavy atom. The molecule has 3 N–H and O–H groups in total. The Morgan fingerprint density at radius 1 is 1.20 bits per heavy atom. The predicted molar refractivity (Wildman–Crippen MR) is 74.1 cm³/mol. The fourth-order valence-electron chi connectivity index (χ4n) is 2.11. The lowest BCUT2D eigenvalue weighted by Crippen LogP contribution is -2.30. The molecule has 1 heterocycles. The first-order valence-corrected chi connectivity index (χ1v) is 7.05. The standard InChI is InChI=1S/C13H9NO4S.H2O/c15-13-9-7-8-3-1-2-4-10(8)14-11(9)5-6-12(13)19(16,17)18;/h1-7,12H,(H,16,17,18);1H2. The van der Waals surface area contributed by atoms with Gasteiger partial charge >= 0.3 is 0 Å². The van der Waals surface area contributed by atoms with E-state index in [1.54, 1.807) is 18.2 Å². The molecule has 1 atom stereocenters. The number of aromatic nitrogens is 1. The summed E-state index contributed by atoms with van der Waals surface area (Å²) in [6.07, 6.45) is 2.60. The minimum Gasteiger partial charge on any atom is -0.412 e. The summed E-state index contributed by atoms with van der Waals surface area (Å²) in [4.78, 5) is 16.4. The van der Waals surface area contributed by atoms with E-state index in [0.29, 0.717) is 5.69 Å². The average molecular weight is 293 g/mol. The number of nitrogens with zero attached hydrogens (tertiary/aromatic N) is 1. The molecule has 20 heavy (non-hydrogen) atoms. The second kappa shape index (κ2) is 4.78. The van der Waals surface area contributed by atoms with Crippen molar-refractivity contribution in [1.29, 1.82) is 0 Å². The lowest BCUT2D eigenvalue weighted by molar-refractivity contribution is 0.0995. The summed E-state index contributed by atoms with van der Waals surface area (Å²) >= 11 is 0. The summed E-state index contributed by atoms with van der Waals surface area (Å²) in [5.41, 5.74) is 1.36. The molecule has 0 spiro atoms. The van der Waals surface area contributed by atoms with Crippen LogP contribution < -0.4 is 0 Å². The number of carbonyl (C=O) groups is 1. The van der Waals surface area contributed by atoms with Crippen LogP contribution in [0.3, 0.4) is 0 Å². The summed E-state index contributed by atoms with van der Waals surface area (Å²) in [6.45, 7) is 0. The maximum atomic E-state index is 12.1. The van der Waals surface area contributed by atoms with Gasteiger partial charge in [-0.15, -0.1) is 0 Å². The van der Waals surface area contributed by atoms with Crippen LogP contribution >= 0.6 is 0 Å². The molecular formula is C13H11NO5S. The van der Waals surface area contributed by atoms with Gasteiger partial charge in [0.2, 0.25) is 0 Å². The molecule has 6 nitrogen and oxygen atoms in total. The highest BCUT2D eigenvalue weighted by molar-refractivity contribution is 7.87. The number of fused-ring (bicyclic) bond motifs is 2. The second-order valence-electron chi connectivity index (χ2n) is 4.27. The number of Topliss-reactive ketones (excluding diaryl/α,β-unsaturated/α-hetero) is 1. The molecule has 3 rings (SSSR count). The summed E-state index contributed by atoms with van der Waals surface area (Å²) < 4.78 is 31.3. The number of ketones is 1. The van der Waals surface area contributed by atoms with Crippen molar-refractivity contribution in [2.24, 2.45) is 0 Å². The lowest BCUT2D eigenvalue weighted by atomic mass is 9.98. The summed E-state index contributed by atoms with van der Waals surface area (Å²) in [6, 6.07) is 8.83. The Labute approximate surface area is 114 Å². The van der Waals surface area contributed by atoms with Crippen molar-refractivity contribution in [3.63, 3.8) is 0 Å². The van der Waals surface area contributed by atoms with Crippen LogP contribution in [0.5, 0.6) is 0 Å². The molecule has 0 amide bonds. The van der Waals surface area contributed by atoms with E-state index in [-0.39, 0.29) is 11.0 Å². The van der Waals surface area contributed by atoms with Gasteiger partial charge in [0, 0.05) is 10.9 Å². The topological polar surface area (TPSA) is 116 Å². The number of hydrogen-bond donors (Lipinski definition) is 1. The van der Waals surface area contributed by atoms with E-state index in [1.165, 1.54) is 6.08 Å². The van der Waals surface area contributed by atoms with Crippen molar-refractivity contribution in [3.05, 3.63) is 47.7 Å². The van der Waals surface area contributed by atoms with Crippen molar-refractivity contribution >= 4 is 32.9 Å². The van der Waals surface area contributed by atoms with E-state index in [2.05, 4.69) is 4.98 Å². The van der Waals surface area contributed by atoms with Crippen molar-refractivity contribution in [3.8, 4) is 0 Å². The van der Waals surface area contributed by atoms with Crippen LogP contribution in [0.4, 0.5) is 0 Å². The van der Waals surface area contributed by atoms with Crippen LogP contribution in [0, 0.1) is 0 Å². The molecule has 0 bridgehead atoms. The fourth-order valence-corrected chi connectivity index (χ4v) is 2.78. The highest BCUT2D eigenvalue weighted by atomic mass is 32.2. The van der Waals surface area contributed by atoms with Crippen molar-refractivity contribution in [1.82, 2.24) is 4.98 Å². The van der Waals surface area contributed by atoms with Crippen molar-refractivity contribution in [2.45, 2.75) is 5.25 Å². The van der Waals surface area contributed by atoms with Gasteiger partial charge in [-0.25, -0.2) is 4.98 Å². The first-order chi connectivity index (χ1) is 8.97. The van der Waals surface area contributed by atoms with Gasteiger partial charge in [0.15, 0.2) is 11.0 Å². The molecular weight excluding hydrogens is 282 g/mol. The monoisotopic (exact) mass is 293 g/mol. The van der Waals surface area contributed by atoms with E-state index >= 15 is 0 Å². The highest BCUT2D eigenvalue weighted by Gasteiger charge is 2.33. The fraction of sp³-hybridized carbons (Fsp3) is 0.0769. The van der Waals surface area contributed by atoms with Crippen LogP contribution in [0.2, 0.25) is 0 Å². The molecule has 7 heteroatoms. The Bertz CT molecular complexity index is 826. The van der Waals surface area contributed by atoms with Crippen LogP contribution in [0.1, 0.15) is 16.1 Å². The zero-order chi connectivity index (χ0) is 13.6. The van der Waals surface area contributed by atoms with Gasteiger partial charge in [-0.3, -0.25) is 9.35 Å². The first-order valence-electron chi connectivity index (χ1n) is 5.55. The minimum atomic E-state index is -4.44. The first kappa shape index (κ1) is 14.3. The van der Waals surface area contributed by atoms with Gasteiger partial charge in [0.1, 0.15) is 0 Å². The molecule has 1 aromatic carbocycles. The van der Waals surface area contributed by atoms with Gasteiger partial charge in [0.05, 0.1) is 11.2 Å². The molecule has 1 aromatic heterocycles. The van der Waals surface area contributed by atoms with E-state index < -0.39 is 21.2 Å². The quantitative estimate of drug-likeness (QED) is 0.783. The van der Waals surface area contributed by atoms with E-state index in [9.17, 15) is 13.2 Å². The zero-order valence-electron chi connectivity index (χ0n) is 10.1. The smallest absolute Gasteiger partial charge is 0.279 e. The molecule has 1 aliphatic rings. The van der Waals surface area contributed by atoms with Crippen molar-refractivity contribution in [2.75, 3.05) is 0 Å². The number of para-hydroxylation sites is 1. The largest absolute Gasteiger partial charge is 0.412 e. The number of benzene rings is 1. The summed E-state index contributed by atoms with van der Waals surface area (Å²) in [5.74, 6) is -0.654. The third kappa shape index (κ3) is 2.22. The van der Waals surface area contributed by atoms with Crippen LogP contribution in [0.15, 0.2) is 36.4 Å². The number of hydrogen-bond acceptors (Lipinski definition) is 4. The molecule has 104 valence electrons. The Kier molecular flexibility index (Phi) is 3.43. The maximum Gasteiger partial charge on any atom is 0.279 e. The van der Waals surface area contributed by atoms with Crippen LogP contribution in [-0.2, 0) is 10.1 Å². The summed E-state index contributed by atoms with van der Waals surface area (Å²) in [7, 11) is -4.44. The van der Waals surface area contributed by atoms with Gasteiger partial charge in [-0.2, -0.15) is 8.42 Å². The molecule has 0 radical (unpaired) electrons. The Hall–Kier alpha value is -2.09. The molecule has 2 aromatic rings. The lowest BCUT2D eigenvalue weighted by Gasteiger charge is -2.15. The normalized spacial score (nSPS) is 17.6. The average Bonchev–Trinajstić information content (AvgIpc) is 2.36. The maximum absolute atomic E-state index is 12.1. The van der Waals surface area contributed by atoms with Crippen LogP contribution in [0.25, 0.3) is 17.0 Å². The molecule has 0 saturated carbocycles. The third-order valence-electron chi connectivity index (χ3n) is 3.03. The van der Waals surface area contributed by atoms with Gasteiger partial charge in [-0.05, 0) is 18.2 Å². The van der Waals surface area contributed by atoms with E-state index in [0.717, 1.165) is 17.0 Å². The molecule has 1 aliphatic carbocycles. The minimum absolute atomic E-state index is 0. The Balaban J connectivity index is 0.00000147. The molecule has 0 saturated heterocycles. The molecule has 1 unspecified atom stereocenters. The molecule has 0 fully saturated rings. The van der Waals surface area contributed by atoms with Gasteiger partial charge in [0.25, 0.3) is 10.1 Å². The predicted octanol–water partition coefficient (Wildman–Crippen LogP) is 0.876. The number of pyridine rings is 1. The van der Waals surface area contributed by atoms with Gasteiger partial charge < -0.3 is 5.48 Å².